The fraction of sp³-hybridized carbons (Fsp3) is 0.300. The van der Waals surface area contributed by atoms with Gasteiger partial charge in [0.15, 0.2) is 0 Å². The minimum Gasteiger partial charge on any atom is -0.0856 e. The van der Waals surface area contributed by atoms with Crippen LogP contribution < -0.4 is 0 Å². The van der Waals surface area contributed by atoms with Gasteiger partial charge in [0.1, 0.15) is 0 Å². The fourth-order valence-corrected chi connectivity index (χ4v) is 2.45. The molecule has 0 aliphatic heterocycles. The quantitative estimate of drug-likeness (QED) is 0.574. The lowest BCUT2D eigenvalue weighted by Gasteiger charge is -2.05. The predicted octanol–water partition coefficient (Wildman–Crippen LogP) is 6.08. The average Bonchev–Trinajstić information content (AvgIpc) is 2.44. The molecule has 0 heterocycles. The molecule has 0 aliphatic carbocycles. The van der Waals surface area contributed by atoms with Gasteiger partial charge in [0.25, 0.3) is 0 Å². The van der Waals surface area contributed by atoms with Crippen LogP contribution in [0.15, 0.2) is 65.8 Å². The molecule has 0 nitrogen and oxygen atoms in total. The highest BCUT2D eigenvalue weighted by molar-refractivity contribution is 5.85. The first kappa shape index (κ1) is 14.6. The molecule has 0 aliphatic rings. The van der Waals surface area contributed by atoms with Crippen LogP contribution in [0.25, 0.3) is 10.8 Å². The third kappa shape index (κ3) is 4.09. The lowest BCUT2D eigenvalue weighted by atomic mass is 10.0. The molecule has 0 bridgehead atoms. The molecule has 0 saturated heterocycles. The Morgan fingerprint density at radius 3 is 2.45 bits per heavy atom. The highest BCUT2D eigenvalue weighted by atomic mass is 14.0. The van der Waals surface area contributed by atoms with Crippen LogP contribution in [0.5, 0.6) is 0 Å². The van der Waals surface area contributed by atoms with Crippen molar-refractivity contribution in [3.05, 3.63) is 71.3 Å². The maximum Gasteiger partial charge on any atom is -0.00887 e. The summed E-state index contributed by atoms with van der Waals surface area (Å²) in [6.07, 6.45) is 8.04. The Hall–Kier alpha value is -1.82. The van der Waals surface area contributed by atoms with E-state index in [-0.39, 0.29) is 0 Å². The molecule has 0 saturated carbocycles. The Labute approximate surface area is 122 Å². The van der Waals surface area contributed by atoms with E-state index >= 15 is 0 Å². The van der Waals surface area contributed by atoms with Crippen LogP contribution in [0.3, 0.4) is 0 Å². The average molecular weight is 264 g/mol. The minimum absolute atomic E-state index is 1.03. The molecule has 0 fully saturated rings. The first-order chi connectivity index (χ1) is 9.66. The summed E-state index contributed by atoms with van der Waals surface area (Å²) < 4.78 is 0. The lowest BCUT2D eigenvalue weighted by molar-refractivity contribution is 0.956. The van der Waals surface area contributed by atoms with Gasteiger partial charge in [0.05, 0.1) is 0 Å². The molecule has 0 aromatic heterocycles. The normalized spacial score (nSPS) is 11.7. The molecule has 0 spiro atoms. The van der Waals surface area contributed by atoms with Crippen LogP contribution >= 0.6 is 0 Å². The zero-order valence-corrected chi connectivity index (χ0v) is 12.8. The van der Waals surface area contributed by atoms with E-state index in [1.165, 1.54) is 27.5 Å². The Morgan fingerprint density at radius 2 is 1.65 bits per heavy atom. The third-order valence-electron chi connectivity index (χ3n) is 3.64. The first-order valence-corrected chi connectivity index (χ1v) is 7.42. The van der Waals surface area contributed by atoms with Gasteiger partial charge in [-0.3, -0.25) is 0 Å². The molecule has 0 N–H and O–H groups in total. The SMILES string of the molecule is CC(C)=CCC/C(C)=C/Cc1cccc2ccccc12. The van der Waals surface area contributed by atoms with Gasteiger partial charge >= 0.3 is 0 Å². The summed E-state index contributed by atoms with van der Waals surface area (Å²) in [5.41, 5.74) is 4.31. The van der Waals surface area contributed by atoms with Crippen molar-refractivity contribution in [1.82, 2.24) is 0 Å². The van der Waals surface area contributed by atoms with Gasteiger partial charge in [-0.25, -0.2) is 0 Å². The molecule has 0 unspecified atom stereocenters. The topological polar surface area (TPSA) is 0 Å². The second-order valence-corrected chi connectivity index (χ2v) is 5.71. The Morgan fingerprint density at radius 1 is 0.900 bits per heavy atom. The summed E-state index contributed by atoms with van der Waals surface area (Å²) in [7, 11) is 0. The second-order valence-electron chi connectivity index (χ2n) is 5.71. The molecule has 2 aromatic rings. The molecular formula is C20H24. The summed E-state index contributed by atoms with van der Waals surface area (Å²) >= 11 is 0. The summed E-state index contributed by atoms with van der Waals surface area (Å²) in [5, 5.41) is 2.71. The van der Waals surface area contributed by atoms with E-state index in [2.05, 4.69) is 75.4 Å². The highest BCUT2D eigenvalue weighted by Crippen LogP contribution is 2.20. The smallest absolute Gasteiger partial charge is 0.00887 e. The zero-order chi connectivity index (χ0) is 14.4. The maximum absolute atomic E-state index is 2.38. The second kappa shape index (κ2) is 7.09. The van der Waals surface area contributed by atoms with Crippen LogP contribution in [0.2, 0.25) is 0 Å². The van der Waals surface area contributed by atoms with Gasteiger partial charge in [-0.1, -0.05) is 65.8 Å². The number of rotatable bonds is 5. The fourth-order valence-electron chi connectivity index (χ4n) is 2.45. The van der Waals surface area contributed by atoms with Crippen molar-refractivity contribution in [3.8, 4) is 0 Å². The summed E-state index contributed by atoms with van der Waals surface area (Å²) in [5.74, 6) is 0. The Kier molecular flexibility index (Phi) is 5.17. The van der Waals surface area contributed by atoms with E-state index in [1.54, 1.807) is 0 Å². The number of allylic oxidation sites excluding steroid dienone is 4. The zero-order valence-electron chi connectivity index (χ0n) is 12.8. The molecule has 20 heavy (non-hydrogen) atoms. The number of fused-ring (bicyclic) bond motifs is 1. The van der Waals surface area contributed by atoms with Gasteiger partial charge < -0.3 is 0 Å². The van der Waals surface area contributed by atoms with Crippen molar-refractivity contribution in [3.63, 3.8) is 0 Å². The van der Waals surface area contributed by atoms with Crippen molar-refractivity contribution in [2.45, 2.75) is 40.0 Å². The standard InChI is InChI=1S/C20H24/c1-16(2)8-6-9-17(3)14-15-19-12-7-11-18-10-4-5-13-20(18)19/h4-5,7-8,10-14H,6,9,15H2,1-3H3/b17-14+. The van der Waals surface area contributed by atoms with Gasteiger partial charge in [-0.15, -0.1) is 0 Å². The largest absolute Gasteiger partial charge is 0.0856 e. The monoisotopic (exact) mass is 264 g/mol. The van der Waals surface area contributed by atoms with E-state index in [9.17, 15) is 0 Å². The van der Waals surface area contributed by atoms with Gasteiger partial charge in [-0.2, -0.15) is 0 Å². The summed E-state index contributed by atoms with van der Waals surface area (Å²) in [6.45, 7) is 6.56. The number of hydrogen-bond acceptors (Lipinski definition) is 0. The van der Waals surface area contributed by atoms with Gasteiger partial charge in [0, 0.05) is 0 Å². The van der Waals surface area contributed by atoms with Crippen LogP contribution in [-0.2, 0) is 6.42 Å². The predicted molar refractivity (Wildman–Crippen MR) is 90.1 cm³/mol. The van der Waals surface area contributed by atoms with Gasteiger partial charge in [-0.05, 0) is 56.4 Å². The van der Waals surface area contributed by atoms with E-state index in [1.807, 2.05) is 0 Å². The van der Waals surface area contributed by atoms with Crippen LogP contribution in [0, 0.1) is 0 Å². The minimum atomic E-state index is 1.03. The van der Waals surface area contributed by atoms with E-state index in [0.717, 1.165) is 19.3 Å². The molecule has 0 heteroatoms. The van der Waals surface area contributed by atoms with E-state index in [0.29, 0.717) is 0 Å². The lowest BCUT2D eigenvalue weighted by Crippen LogP contribution is -1.86. The highest BCUT2D eigenvalue weighted by Gasteiger charge is 1.98. The van der Waals surface area contributed by atoms with Crippen molar-refractivity contribution < 1.29 is 0 Å². The molecule has 2 rings (SSSR count). The maximum atomic E-state index is 2.38. The van der Waals surface area contributed by atoms with E-state index < -0.39 is 0 Å². The van der Waals surface area contributed by atoms with E-state index in [4.69, 9.17) is 0 Å². The Bertz CT molecular complexity index is 620. The Balaban J connectivity index is 2.07. The molecule has 104 valence electrons. The molecular weight excluding hydrogens is 240 g/mol. The van der Waals surface area contributed by atoms with Crippen molar-refractivity contribution in [2.75, 3.05) is 0 Å². The number of hydrogen-bond donors (Lipinski definition) is 0. The molecule has 0 radical (unpaired) electrons. The van der Waals surface area contributed by atoms with Crippen molar-refractivity contribution in [1.29, 1.82) is 0 Å². The molecule has 2 aromatic carbocycles. The molecule has 0 atom stereocenters. The first-order valence-electron chi connectivity index (χ1n) is 7.42. The van der Waals surface area contributed by atoms with Gasteiger partial charge in [0.2, 0.25) is 0 Å². The summed E-state index contributed by atoms with van der Waals surface area (Å²) in [6, 6.07) is 15.2. The van der Waals surface area contributed by atoms with Crippen LogP contribution in [0.4, 0.5) is 0 Å². The summed E-state index contributed by atoms with van der Waals surface area (Å²) in [4.78, 5) is 0. The van der Waals surface area contributed by atoms with Crippen molar-refractivity contribution in [2.24, 2.45) is 0 Å². The van der Waals surface area contributed by atoms with Crippen LogP contribution in [0.1, 0.15) is 39.2 Å². The van der Waals surface area contributed by atoms with Crippen molar-refractivity contribution >= 4 is 10.8 Å². The molecule has 0 amide bonds. The third-order valence-corrected chi connectivity index (χ3v) is 3.64. The van der Waals surface area contributed by atoms with Crippen LogP contribution in [-0.4, -0.2) is 0 Å². The number of benzene rings is 2.